The van der Waals surface area contributed by atoms with Crippen LogP contribution in [0.2, 0.25) is 0 Å². The summed E-state index contributed by atoms with van der Waals surface area (Å²) in [5.74, 6) is 0.609. The molecular formula is C17H16FN3. The van der Waals surface area contributed by atoms with Crippen LogP contribution >= 0.6 is 0 Å². The molecule has 0 aliphatic carbocycles. The first-order valence-corrected chi connectivity index (χ1v) is 7.27. The Hall–Kier alpha value is -2.20. The Morgan fingerprint density at radius 3 is 3.00 bits per heavy atom. The predicted octanol–water partition coefficient (Wildman–Crippen LogP) is 3.59. The van der Waals surface area contributed by atoms with Crippen LogP contribution in [-0.4, -0.2) is 16.1 Å². The molecule has 2 aromatic heterocycles. The zero-order chi connectivity index (χ0) is 14.2. The van der Waals surface area contributed by atoms with Gasteiger partial charge < -0.3 is 9.88 Å². The van der Waals surface area contributed by atoms with E-state index in [4.69, 9.17) is 0 Å². The minimum atomic E-state index is -0.226. The molecule has 3 heterocycles. The van der Waals surface area contributed by atoms with Gasteiger partial charge in [0.15, 0.2) is 0 Å². The number of aromatic nitrogens is 2. The van der Waals surface area contributed by atoms with Crippen LogP contribution < -0.4 is 5.32 Å². The third kappa shape index (κ3) is 2.21. The highest BCUT2D eigenvalue weighted by Crippen LogP contribution is 2.25. The Morgan fingerprint density at radius 1 is 1.19 bits per heavy atom. The van der Waals surface area contributed by atoms with Gasteiger partial charge in [0.05, 0.1) is 5.52 Å². The number of hydrogen-bond donors (Lipinski definition) is 1. The standard InChI is InChI=1S/C17H16FN3/c18-14-4-3-12-6-9-21(16(12)11-14)17-10-13(5-8-20-17)15-2-1-7-19-15/h3-6,8-11,15,19H,1-2,7H2/t15-/m1/s1. The van der Waals surface area contributed by atoms with Crippen LogP contribution in [0.1, 0.15) is 24.4 Å². The van der Waals surface area contributed by atoms with Gasteiger partial charge in [0.2, 0.25) is 0 Å². The second-order valence-electron chi connectivity index (χ2n) is 5.49. The highest BCUT2D eigenvalue weighted by Gasteiger charge is 2.17. The zero-order valence-corrected chi connectivity index (χ0v) is 11.6. The van der Waals surface area contributed by atoms with Gasteiger partial charge in [0, 0.05) is 23.8 Å². The number of halogens is 1. The minimum absolute atomic E-state index is 0.226. The number of pyridine rings is 1. The number of benzene rings is 1. The lowest BCUT2D eigenvalue weighted by Crippen LogP contribution is -2.13. The zero-order valence-electron chi connectivity index (χ0n) is 11.6. The topological polar surface area (TPSA) is 29.9 Å². The maximum Gasteiger partial charge on any atom is 0.137 e. The molecule has 4 rings (SSSR count). The highest BCUT2D eigenvalue weighted by molar-refractivity contribution is 5.81. The number of nitrogens with one attached hydrogen (secondary N) is 1. The molecule has 106 valence electrons. The summed E-state index contributed by atoms with van der Waals surface area (Å²) in [6.07, 6.45) is 6.14. The molecule has 0 spiro atoms. The molecule has 1 atom stereocenters. The van der Waals surface area contributed by atoms with E-state index in [0.29, 0.717) is 6.04 Å². The summed E-state index contributed by atoms with van der Waals surface area (Å²) < 4.78 is 15.4. The first-order valence-electron chi connectivity index (χ1n) is 7.27. The second kappa shape index (κ2) is 4.97. The van der Waals surface area contributed by atoms with Crippen LogP contribution in [0.5, 0.6) is 0 Å². The van der Waals surface area contributed by atoms with E-state index in [-0.39, 0.29) is 5.82 Å². The van der Waals surface area contributed by atoms with Gasteiger partial charge in [0.25, 0.3) is 0 Å². The van der Waals surface area contributed by atoms with Crippen molar-refractivity contribution in [1.29, 1.82) is 0 Å². The molecule has 21 heavy (non-hydrogen) atoms. The van der Waals surface area contributed by atoms with Crippen molar-refractivity contribution in [2.75, 3.05) is 6.54 Å². The van der Waals surface area contributed by atoms with Crippen LogP contribution in [0.25, 0.3) is 16.7 Å². The molecule has 1 aliphatic rings. The van der Waals surface area contributed by atoms with E-state index >= 15 is 0 Å². The number of hydrogen-bond acceptors (Lipinski definition) is 2. The first kappa shape index (κ1) is 12.5. The van der Waals surface area contributed by atoms with Gasteiger partial charge in [-0.3, -0.25) is 0 Å². The van der Waals surface area contributed by atoms with Crippen molar-refractivity contribution < 1.29 is 4.39 Å². The second-order valence-corrected chi connectivity index (χ2v) is 5.49. The molecular weight excluding hydrogens is 265 g/mol. The fourth-order valence-electron chi connectivity index (χ4n) is 3.05. The van der Waals surface area contributed by atoms with Gasteiger partial charge in [0.1, 0.15) is 11.6 Å². The van der Waals surface area contributed by atoms with E-state index in [1.807, 2.05) is 23.0 Å². The average Bonchev–Trinajstić information content (AvgIpc) is 3.16. The lowest BCUT2D eigenvalue weighted by molar-refractivity contribution is 0.629. The lowest BCUT2D eigenvalue weighted by Gasteiger charge is -2.12. The summed E-state index contributed by atoms with van der Waals surface area (Å²) in [7, 11) is 0. The Morgan fingerprint density at radius 2 is 2.14 bits per heavy atom. The molecule has 4 heteroatoms. The van der Waals surface area contributed by atoms with Gasteiger partial charge in [-0.1, -0.05) is 0 Å². The molecule has 1 N–H and O–H groups in total. The molecule has 3 aromatic rings. The van der Waals surface area contributed by atoms with Crippen molar-refractivity contribution in [3.8, 4) is 5.82 Å². The van der Waals surface area contributed by atoms with Gasteiger partial charge in [-0.25, -0.2) is 9.37 Å². The summed E-state index contributed by atoms with van der Waals surface area (Å²) in [6.45, 7) is 1.07. The molecule has 0 radical (unpaired) electrons. The van der Waals surface area contributed by atoms with Crippen molar-refractivity contribution >= 4 is 10.9 Å². The molecule has 3 nitrogen and oxygen atoms in total. The molecule has 1 aliphatic heterocycles. The quantitative estimate of drug-likeness (QED) is 0.778. The van der Waals surface area contributed by atoms with Gasteiger partial charge in [-0.2, -0.15) is 0 Å². The van der Waals surface area contributed by atoms with E-state index in [2.05, 4.69) is 22.4 Å². The van der Waals surface area contributed by atoms with Gasteiger partial charge in [-0.15, -0.1) is 0 Å². The van der Waals surface area contributed by atoms with E-state index in [0.717, 1.165) is 29.7 Å². The lowest BCUT2D eigenvalue weighted by atomic mass is 10.1. The summed E-state index contributed by atoms with van der Waals surface area (Å²) in [5, 5.41) is 4.51. The molecule has 1 saturated heterocycles. The first-order chi connectivity index (χ1) is 10.3. The van der Waals surface area contributed by atoms with E-state index < -0.39 is 0 Å². The summed E-state index contributed by atoms with van der Waals surface area (Å²) in [6, 6.07) is 11.4. The summed E-state index contributed by atoms with van der Waals surface area (Å²) >= 11 is 0. The average molecular weight is 281 g/mol. The van der Waals surface area contributed by atoms with Crippen molar-refractivity contribution in [3.63, 3.8) is 0 Å². The van der Waals surface area contributed by atoms with Crippen molar-refractivity contribution in [2.24, 2.45) is 0 Å². The number of fused-ring (bicyclic) bond motifs is 1. The van der Waals surface area contributed by atoms with E-state index in [1.54, 1.807) is 12.1 Å². The summed E-state index contributed by atoms with van der Waals surface area (Å²) in [5.41, 5.74) is 2.09. The predicted molar refractivity (Wildman–Crippen MR) is 81.0 cm³/mol. The molecule has 0 bridgehead atoms. The van der Waals surface area contributed by atoms with Gasteiger partial charge >= 0.3 is 0 Å². The summed E-state index contributed by atoms with van der Waals surface area (Å²) in [4.78, 5) is 4.45. The fraction of sp³-hybridized carbons (Fsp3) is 0.235. The van der Waals surface area contributed by atoms with Crippen LogP contribution in [0.15, 0.2) is 48.8 Å². The number of nitrogens with zero attached hydrogens (tertiary/aromatic N) is 2. The molecule has 1 fully saturated rings. The molecule has 0 unspecified atom stereocenters. The normalized spacial score (nSPS) is 18.4. The Bertz CT molecular complexity index is 788. The largest absolute Gasteiger partial charge is 0.310 e. The molecule has 0 saturated carbocycles. The number of rotatable bonds is 2. The minimum Gasteiger partial charge on any atom is -0.310 e. The van der Waals surface area contributed by atoms with Crippen molar-refractivity contribution in [3.05, 3.63) is 60.2 Å². The monoisotopic (exact) mass is 281 g/mol. The molecule has 0 amide bonds. The third-order valence-corrected chi connectivity index (χ3v) is 4.13. The highest BCUT2D eigenvalue weighted by atomic mass is 19.1. The van der Waals surface area contributed by atoms with Crippen LogP contribution in [0, 0.1) is 5.82 Å². The van der Waals surface area contributed by atoms with Gasteiger partial charge in [-0.05, 0) is 61.3 Å². The maximum absolute atomic E-state index is 13.5. The van der Waals surface area contributed by atoms with Crippen LogP contribution in [-0.2, 0) is 0 Å². The van der Waals surface area contributed by atoms with Crippen LogP contribution in [0.4, 0.5) is 4.39 Å². The SMILES string of the molecule is Fc1ccc2ccn(-c3cc([C@H]4CCCN4)ccn3)c2c1. The van der Waals surface area contributed by atoms with Crippen molar-refractivity contribution in [1.82, 2.24) is 14.9 Å². The van der Waals surface area contributed by atoms with E-state index in [1.165, 1.54) is 18.1 Å². The Kier molecular flexibility index (Phi) is 2.97. The van der Waals surface area contributed by atoms with Crippen molar-refractivity contribution in [2.45, 2.75) is 18.9 Å². The van der Waals surface area contributed by atoms with Crippen LogP contribution in [0.3, 0.4) is 0 Å². The molecule has 1 aromatic carbocycles. The smallest absolute Gasteiger partial charge is 0.137 e. The third-order valence-electron chi connectivity index (χ3n) is 4.13. The Balaban J connectivity index is 1.81. The van der Waals surface area contributed by atoms with E-state index in [9.17, 15) is 4.39 Å². The Labute approximate surface area is 122 Å². The maximum atomic E-state index is 13.5. The fourth-order valence-corrected chi connectivity index (χ4v) is 3.05.